The van der Waals surface area contributed by atoms with Crippen molar-refractivity contribution in [3.05, 3.63) is 70.8 Å². The van der Waals surface area contributed by atoms with Gasteiger partial charge in [-0.05, 0) is 112 Å². The predicted octanol–water partition coefficient (Wildman–Crippen LogP) is 1.47. The zero-order valence-corrected chi connectivity index (χ0v) is 44.3. The highest BCUT2D eigenvalue weighted by molar-refractivity contribution is 6.00. The van der Waals surface area contributed by atoms with Crippen LogP contribution in [0.1, 0.15) is 126 Å². The molecule has 0 spiro atoms. The number of likely N-dealkylation sites (tertiary alicyclic amines) is 1. The number of unbranched alkanes of at least 4 members (excludes halogenated alkanes) is 1. The minimum atomic E-state index is -1.02. The number of aryl methyl sites for hydroxylation is 1. The molecule has 8 atom stereocenters. The Kier molecular flexibility index (Phi) is 21.7. The number of fused-ring (bicyclic) bond motifs is 1. The molecule has 1 fully saturated rings. The van der Waals surface area contributed by atoms with Gasteiger partial charge in [0.05, 0.1) is 13.2 Å². The summed E-state index contributed by atoms with van der Waals surface area (Å²) in [5.41, 5.74) is 1.38. The number of amides is 8. The van der Waals surface area contributed by atoms with Crippen molar-refractivity contribution >= 4 is 47.3 Å². The third-order valence-corrected chi connectivity index (χ3v) is 13.5. The van der Waals surface area contributed by atoms with Gasteiger partial charge in [-0.1, -0.05) is 85.7 Å². The molecule has 1 aliphatic heterocycles. The molecule has 10 N–H and O–H groups in total. The first-order chi connectivity index (χ1) is 33.9. The summed E-state index contributed by atoms with van der Waals surface area (Å²) in [6.45, 7) is 16.4. The largest absolute Gasteiger partial charge is 0.394 e. The number of aliphatic hydroxyl groups is 1. The van der Waals surface area contributed by atoms with Gasteiger partial charge >= 0.3 is 0 Å². The second-order valence-corrected chi connectivity index (χ2v) is 21.8. The fourth-order valence-corrected chi connectivity index (χ4v) is 8.82. The highest BCUT2D eigenvalue weighted by atomic mass is 16.3. The lowest BCUT2D eigenvalue weighted by molar-refractivity contribution is -0.144. The van der Waals surface area contributed by atoms with E-state index in [9.17, 15) is 43.5 Å². The second-order valence-electron chi connectivity index (χ2n) is 21.8. The van der Waals surface area contributed by atoms with Crippen molar-refractivity contribution < 1.29 is 43.5 Å². The lowest BCUT2D eigenvalue weighted by atomic mass is 9.85. The Morgan fingerprint density at radius 2 is 1.35 bits per heavy atom. The number of aliphatic hydroxyl groups excluding tert-OH is 1. The Morgan fingerprint density at radius 1 is 0.708 bits per heavy atom. The molecule has 1 aliphatic carbocycles. The van der Waals surface area contributed by atoms with Crippen LogP contribution >= 0.6 is 0 Å². The van der Waals surface area contributed by atoms with E-state index in [0.29, 0.717) is 19.3 Å². The Morgan fingerprint density at radius 3 is 1.96 bits per heavy atom. The van der Waals surface area contributed by atoms with Gasteiger partial charge in [-0.3, -0.25) is 38.4 Å². The quantitative estimate of drug-likeness (QED) is 0.0713. The fourth-order valence-electron chi connectivity index (χ4n) is 8.82. The summed E-state index contributed by atoms with van der Waals surface area (Å²) in [5, 5.41) is 35.6. The molecule has 0 bridgehead atoms. The van der Waals surface area contributed by atoms with Crippen LogP contribution in [0.2, 0.25) is 0 Å². The SMILES string of the molecule is CNCC(=O)N[C@H](C(=O)N1C[C@@H](NC(=O)c2cccc(C(=O)NCCCC[C@H](NC(=O)[C@@H](NC(=O)[C@H](CO)NC)C(C)(C)C)C(=O)N[C@@H](C)C(C)C)c2)CC1C(=O)N[C@@H]1CCc2ccccc2C1)C(C)(C)C. The van der Waals surface area contributed by atoms with Crippen molar-refractivity contribution in [3.8, 4) is 0 Å². The molecule has 0 saturated carbocycles. The van der Waals surface area contributed by atoms with Crippen LogP contribution in [0.4, 0.5) is 0 Å². The molecule has 2 aliphatic rings. The van der Waals surface area contributed by atoms with E-state index in [1.54, 1.807) is 46.0 Å². The average Bonchev–Trinajstić information content (AvgIpc) is 3.75. The van der Waals surface area contributed by atoms with Crippen LogP contribution in [-0.4, -0.2) is 146 Å². The zero-order chi connectivity index (χ0) is 53.5. The lowest BCUT2D eigenvalue weighted by Gasteiger charge is -2.36. The molecule has 19 nitrogen and oxygen atoms in total. The van der Waals surface area contributed by atoms with Crippen LogP contribution in [0.5, 0.6) is 0 Å². The summed E-state index contributed by atoms with van der Waals surface area (Å²) < 4.78 is 0. The second kappa shape index (κ2) is 26.7. The molecule has 4 rings (SSSR count). The molecular weight excluding hydrogens is 921 g/mol. The van der Waals surface area contributed by atoms with Crippen molar-refractivity contribution in [2.24, 2.45) is 16.7 Å². The Labute approximate surface area is 425 Å². The Hall–Kier alpha value is -5.92. The third kappa shape index (κ3) is 16.8. The van der Waals surface area contributed by atoms with Crippen LogP contribution in [0.25, 0.3) is 0 Å². The number of likely N-dealkylation sites (N-methyl/N-ethyl adjacent to an activating group) is 2. The summed E-state index contributed by atoms with van der Waals surface area (Å²) in [6.07, 6.45) is 3.44. The summed E-state index contributed by atoms with van der Waals surface area (Å²) in [4.78, 5) is 110. The van der Waals surface area contributed by atoms with E-state index in [-0.39, 0.29) is 79.3 Å². The predicted molar refractivity (Wildman–Crippen MR) is 275 cm³/mol. The number of hydrogen-bond acceptors (Lipinski definition) is 11. The summed E-state index contributed by atoms with van der Waals surface area (Å²) >= 11 is 0. The molecule has 1 heterocycles. The lowest BCUT2D eigenvalue weighted by Crippen LogP contribution is -2.60. The Balaban J connectivity index is 1.41. The van der Waals surface area contributed by atoms with E-state index in [1.807, 2.05) is 53.7 Å². The molecule has 0 aromatic heterocycles. The van der Waals surface area contributed by atoms with Gasteiger partial charge in [-0.2, -0.15) is 0 Å². The average molecular weight is 1000 g/mol. The number of carbonyl (C=O) groups excluding carboxylic acids is 8. The van der Waals surface area contributed by atoms with E-state index in [2.05, 4.69) is 60.0 Å². The fraction of sp³-hybridized carbons (Fsp3) is 0.623. The molecular formula is C53H82N10O9. The smallest absolute Gasteiger partial charge is 0.251 e. The monoisotopic (exact) mass is 1000 g/mol. The van der Waals surface area contributed by atoms with Gasteiger partial charge in [0.15, 0.2) is 0 Å². The molecule has 2 aromatic carbocycles. The van der Waals surface area contributed by atoms with Crippen LogP contribution < -0.4 is 47.9 Å². The van der Waals surface area contributed by atoms with Crippen molar-refractivity contribution in [2.45, 2.75) is 156 Å². The highest BCUT2D eigenvalue weighted by Crippen LogP contribution is 2.28. The van der Waals surface area contributed by atoms with Gasteiger partial charge < -0.3 is 57.9 Å². The van der Waals surface area contributed by atoms with Gasteiger partial charge in [0, 0.05) is 42.3 Å². The van der Waals surface area contributed by atoms with E-state index in [1.165, 1.54) is 23.6 Å². The van der Waals surface area contributed by atoms with Crippen molar-refractivity contribution in [2.75, 3.05) is 40.3 Å². The summed E-state index contributed by atoms with van der Waals surface area (Å²) in [6, 6.07) is 8.60. The third-order valence-electron chi connectivity index (χ3n) is 13.5. The molecule has 72 heavy (non-hydrogen) atoms. The molecule has 0 radical (unpaired) electrons. The van der Waals surface area contributed by atoms with Crippen LogP contribution in [0.15, 0.2) is 48.5 Å². The minimum Gasteiger partial charge on any atom is -0.394 e. The van der Waals surface area contributed by atoms with Gasteiger partial charge in [0.25, 0.3) is 11.8 Å². The molecule has 398 valence electrons. The normalized spacial score (nSPS) is 18.8. The zero-order valence-electron chi connectivity index (χ0n) is 44.3. The molecule has 19 heteroatoms. The number of benzene rings is 2. The number of nitrogens with one attached hydrogen (secondary N) is 9. The van der Waals surface area contributed by atoms with Crippen LogP contribution in [-0.2, 0) is 41.6 Å². The van der Waals surface area contributed by atoms with Gasteiger partial charge in [-0.25, -0.2) is 0 Å². The first-order valence-corrected chi connectivity index (χ1v) is 25.4. The molecule has 1 saturated heterocycles. The maximum atomic E-state index is 14.4. The number of rotatable bonds is 23. The maximum Gasteiger partial charge on any atom is 0.251 e. The molecule has 2 aromatic rings. The van der Waals surface area contributed by atoms with E-state index in [4.69, 9.17) is 0 Å². The number of carbonyl (C=O) groups is 8. The number of nitrogens with zero attached hydrogens (tertiary/aromatic N) is 1. The first-order valence-electron chi connectivity index (χ1n) is 25.4. The summed E-state index contributed by atoms with van der Waals surface area (Å²) in [7, 11) is 3.16. The van der Waals surface area contributed by atoms with Gasteiger partial charge in [0.2, 0.25) is 35.4 Å². The number of hydrogen-bond donors (Lipinski definition) is 10. The molecule has 8 amide bonds. The van der Waals surface area contributed by atoms with E-state index in [0.717, 1.165) is 18.4 Å². The standard InChI is InChI=1S/C53H82N10O9/c1-31(2)32(3)57-47(68)39(60-50(71)43(52(4,5)6)62-48(69)40(30-64)55-11)21-14-15-24-56-45(66)35-19-16-20-36(25-35)46(67)59-38-27-41(49(70)58-37-23-22-33-17-12-13-18-34(33)26-37)63(29-38)51(72)44(53(7,8)9)61-42(65)28-54-10/h12-13,16-20,25,31-32,37-41,43-44,54-55,64H,14-15,21-24,26-30H2,1-11H3,(H,56,66)(H,57,68)(H,58,70)(H,59,67)(H,60,71)(H,61,65)(H,62,69)/t32-,37+,38-,39-,40-,41?,43+,44+/m0/s1. The highest BCUT2D eigenvalue weighted by Gasteiger charge is 2.46. The maximum absolute atomic E-state index is 14.4. The van der Waals surface area contributed by atoms with Crippen LogP contribution in [0.3, 0.4) is 0 Å². The van der Waals surface area contributed by atoms with E-state index >= 15 is 0 Å². The van der Waals surface area contributed by atoms with Gasteiger partial charge in [0.1, 0.15) is 30.2 Å². The summed E-state index contributed by atoms with van der Waals surface area (Å²) in [5.74, 6) is -3.43. The molecule has 1 unspecified atom stereocenters. The van der Waals surface area contributed by atoms with Crippen molar-refractivity contribution in [3.63, 3.8) is 0 Å². The van der Waals surface area contributed by atoms with Crippen LogP contribution in [0, 0.1) is 16.7 Å². The Bertz CT molecular complexity index is 2220. The first kappa shape index (κ1) is 58.6. The minimum absolute atomic E-state index is 0.00321. The van der Waals surface area contributed by atoms with Gasteiger partial charge in [-0.15, -0.1) is 0 Å². The van der Waals surface area contributed by atoms with Crippen molar-refractivity contribution in [1.82, 2.24) is 52.8 Å². The van der Waals surface area contributed by atoms with E-state index < -0.39 is 83.2 Å². The van der Waals surface area contributed by atoms with Crippen molar-refractivity contribution in [1.29, 1.82) is 0 Å². The topological polar surface area (TPSA) is 268 Å².